The molecule has 3 aromatic rings. The van der Waals surface area contributed by atoms with Gasteiger partial charge in [-0.25, -0.2) is 22.0 Å². The monoisotopic (exact) mass is 379 g/mol. The van der Waals surface area contributed by atoms with Crippen LogP contribution < -0.4 is 9.86 Å². The molecule has 3 N–H and O–H groups in total. The average Bonchev–Trinajstić information content (AvgIpc) is 3.03. The largest absolute Gasteiger partial charge is 0.264 e. The maximum atomic E-state index is 12.5. The van der Waals surface area contributed by atoms with Crippen molar-refractivity contribution in [3.05, 3.63) is 60.8 Å². The fourth-order valence-corrected chi connectivity index (χ4v) is 4.46. The van der Waals surface area contributed by atoms with Crippen LogP contribution in [-0.2, 0) is 20.0 Å². The molecule has 1 aromatic heterocycles. The van der Waals surface area contributed by atoms with E-state index in [2.05, 4.69) is 14.9 Å². The van der Waals surface area contributed by atoms with Gasteiger partial charge in [0.15, 0.2) is 5.82 Å². The Kier molecular flexibility index (Phi) is 4.29. The summed E-state index contributed by atoms with van der Waals surface area (Å²) in [5.41, 5.74) is 0.637. The highest BCUT2D eigenvalue weighted by atomic mass is 32.2. The van der Waals surface area contributed by atoms with Crippen LogP contribution >= 0.6 is 0 Å². The summed E-state index contributed by atoms with van der Waals surface area (Å²) in [6.45, 7) is 0. The predicted molar refractivity (Wildman–Crippen MR) is 90.0 cm³/mol. The summed E-state index contributed by atoms with van der Waals surface area (Å²) in [7, 11) is -8.43. The highest BCUT2D eigenvalue weighted by Gasteiger charge is 2.24. The lowest BCUT2D eigenvalue weighted by Gasteiger charge is -2.09. The normalized spacial score (nSPS) is 12.0. The van der Waals surface area contributed by atoms with E-state index >= 15 is 0 Å². The molecule has 3 rings (SSSR count). The predicted octanol–water partition coefficient (Wildman–Crippen LogP) is 0.715. The molecular formula is C14H13N5O4S2. The van der Waals surface area contributed by atoms with Gasteiger partial charge in [-0.15, -0.1) is 9.90 Å². The Morgan fingerprint density at radius 1 is 0.880 bits per heavy atom. The minimum absolute atomic E-state index is 0.0620. The van der Waals surface area contributed by atoms with Crippen molar-refractivity contribution in [2.75, 3.05) is 4.72 Å². The summed E-state index contributed by atoms with van der Waals surface area (Å²) in [6, 6.07) is 13.9. The first-order valence-electron chi connectivity index (χ1n) is 6.90. The average molecular weight is 379 g/mol. The molecule has 0 atom stereocenters. The molecule has 0 unspecified atom stereocenters. The van der Waals surface area contributed by atoms with E-state index in [1.807, 2.05) is 6.07 Å². The molecule has 0 radical (unpaired) electrons. The second-order valence-corrected chi connectivity index (χ2v) is 8.13. The van der Waals surface area contributed by atoms with Crippen LogP contribution in [0.15, 0.2) is 70.6 Å². The zero-order valence-electron chi connectivity index (χ0n) is 12.6. The third-order valence-corrected chi connectivity index (χ3v) is 5.67. The van der Waals surface area contributed by atoms with Gasteiger partial charge in [0.05, 0.1) is 11.9 Å². The van der Waals surface area contributed by atoms with Crippen LogP contribution in [0.3, 0.4) is 0 Å². The number of benzene rings is 2. The van der Waals surface area contributed by atoms with Crippen molar-refractivity contribution >= 4 is 25.9 Å². The highest BCUT2D eigenvalue weighted by Crippen LogP contribution is 2.21. The van der Waals surface area contributed by atoms with E-state index in [4.69, 9.17) is 5.14 Å². The Morgan fingerprint density at radius 2 is 1.48 bits per heavy atom. The summed E-state index contributed by atoms with van der Waals surface area (Å²) < 4.78 is 50.4. The molecule has 11 heteroatoms. The van der Waals surface area contributed by atoms with E-state index in [1.165, 1.54) is 23.1 Å². The number of sulfonamides is 2. The molecule has 130 valence electrons. The van der Waals surface area contributed by atoms with Gasteiger partial charge in [-0.3, -0.25) is 4.72 Å². The van der Waals surface area contributed by atoms with Crippen molar-refractivity contribution in [1.29, 1.82) is 0 Å². The molecule has 0 aliphatic heterocycles. The number of para-hydroxylation sites is 1. The van der Waals surface area contributed by atoms with Gasteiger partial charge in [-0.05, 0) is 24.3 Å². The zero-order valence-corrected chi connectivity index (χ0v) is 14.3. The van der Waals surface area contributed by atoms with Crippen molar-refractivity contribution < 1.29 is 16.8 Å². The van der Waals surface area contributed by atoms with Crippen molar-refractivity contribution in [2.45, 2.75) is 9.79 Å². The maximum Gasteiger partial charge on any atom is 0.264 e. The summed E-state index contributed by atoms with van der Waals surface area (Å²) in [5.74, 6) is -0.0620. The van der Waals surface area contributed by atoms with Crippen molar-refractivity contribution in [3.63, 3.8) is 0 Å². The highest BCUT2D eigenvalue weighted by molar-refractivity contribution is 7.94. The van der Waals surface area contributed by atoms with Crippen molar-refractivity contribution in [1.82, 2.24) is 15.0 Å². The Hall–Kier alpha value is -2.76. The molecule has 0 amide bonds. The smallest absolute Gasteiger partial charge is 0.260 e. The molecule has 0 bridgehead atoms. The lowest BCUT2D eigenvalue weighted by molar-refractivity contribution is 0.586. The SMILES string of the molecule is NS(=O)(=O)c1ccccc1S(=O)(=O)Nc1cnn(-c2ccccc2)n1. The number of rotatable bonds is 5. The number of nitrogens with two attached hydrogens (primary N) is 1. The molecular weight excluding hydrogens is 366 g/mol. The first-order chi connectivity index (χ1) is 11.8. The lowest BCUT2D eigenvalue weighted by atomic mass is 10.3. The fourth-order valence-electron chi connectivity index (χ4n) is 2.10. The number of aromatic nitrogens is 3. The third-order valence-electron chi connectivity index (χ3n) is 3.16. The van der Waals surface area contributed by atoms with Gasteiger partial charge >= 0.3 is 0 Å². The summed E-state index contributed by atoms with van der Waals surface area (Å²) in [5, 5.41) is 13.1. The summed E-state index contributed by atoms with van der Waals surface area (Å²) in [6.07, 6.45) is 1.21. The van der Waals surface area contributed by atoms with Crippen LogP contribution in [-0.4, -0.2) is 31.8 Å². The number of primary sulfonamides is 1. The van der Waals surface area contributed by atoms with Crippen LogP contribution in [0.1, 0.15) is 0 Å². The van der Waals surface area contributed by atoms with Gasteiger partial charge in [0, 0.05) is 0 Å². The van der Waals surface area contributed by atoms with Crippen LogP contribution in [0.4, 0.5) is 5.82 Å². The third kappa shape index (κ3) is 3.68. The Bertz CT molecular complexity index is 1110. The maximum absolute atomic E-state index is 12.5. The van der Waals surface area contributed by atoms with Crippen LogP contribution in [0.25, 0.3) is 5.69 Å². The molecule has 9 nitrogen and oxygen atoms in total. The molecule has 25 heavy (non-hydrogen) atoms. The van der Waals surface area contributed by atoms with Crippen molar-refractivity contribution in [2.24, 2.45) is 5.14 Å². The number of nitrogens with zero attached hydrogens (tertiary/aromatic N) is 3. The molecule has 0 saturated carbocycles. The standard InChI is InChI=1S/C14H13N5O4S2/c15-24(20,21)12-8-4-5-9-13(12)25(22,23)18-14-10-16-19(17-14)11-6-2-1-3-7-11/h1-10H,(H,17,18)(H2,15,20,21). The first kappa shape index (κ1) is 17.1. The second kappa shape index (κ2) is 6.27. The number of nitrogens with one attached hydrogen (secondary N) is 1. The minimum atomic E-state index is -4.22. The molecule has 0 aliphatic carbocycles. The van der Waals surface area contributed by atoms with Gasteiger partial charge in [-0.1, -0.05) is 30.3 Å². The quantitative estimate of drug-likeness (QED) is 0.670. The number of hydrogen-bond donors (Lipinski definition) is 2. The van der Waals surface area contributed by atoms with Crippen LogP contribution in [0.5, 0.6) is 0 Å². The Labute approximate surface area is 144 Å². The van der Waals surface area contributed by atoms with E-state index in [-0.39, 0.29) is 5.82 Å². The molecule has 0 spiro atoms. The summed E-state index contributed by atoms with van der Waals surface area (Å²) in [4.78, 5) is 0.272. The number of anilines is 1. The minimum Gasteiger partial charge on any atom is -0.260 e. The van der Waals surface area contributed by atoms with Gasteiger partial charge in [-0.2, -0.15) is 5.10 Å². The topological polar surface area (TPSA) is 137 Å². The molecule has 0 fully saturated rings. The van der Waals surface area contributed by atoms with Crippen LogP contribution in [0.2, 0.25) is 0 Å². The van der Waals surface area contributed by atoms with Crippen LogP contribution in [0, 0.1) is 0 Å². The Balaban J connectivity index is 1.95. The van der Waals surface area contributed by atoms with E-state index < -0.39 is 29.8 Å². The molecule has 2 aromatic carbocycles. The van der Waals surface area contributed by atoms with E-state index in [9.17, 15) is 16.8 Å². The van der Waals surface area contributed by atoms with E-state index in [0.29, 0.717) is 5.69 Å². The van der Waals surface area contributed by atoms with E-state index in [0.717, 1.165) is 12.1 Å². The lowest BCUT2D eigenvalue weighted by Crippen LogP contribution is -2.20. The molecule has 1 heterocycles. The Morgan fingerprint density at radius 3 is 2.12 bits per heavy atom. The van der Waals surface area contributed by atoms with Gasteiger partial charge in [0.2, 0.25) is 10.0 Å². The van der Waals surface area contributed by atoms with Gasteiger partial charge in [0.1, 0.15) is 9.79 Å². The first-order valence-corrected chi connectivity index (χ1v) is 9.93. The zero-order chi connectivity index (χ0) is 18.1. The van der Waals surface area contributed by atoms with Crippen molar-refractivity contribution in [3.8, 4) is 5.69 Å². The molecule has 0 aliphatic rings. The second-order valence-electron chi connectivity index (χ2n) is 4.95. The van der Waals surface area contributed by atoms with E-state index in [1.54, 1.807) is 24.3 Å². The van der Waals surface area contributed by atoms with Gasteiger partial charge < -0.3 is 0 Å². The molecule has 0 saturated heterocycles. The number of hydrogen-bond acceptors (Lipinski definition) is 6. The van der Waals surface area contributed by atoms with Gasteiger partial charge in [0.25, 0.3) is 10.0 Å². The summed E-state index contributed by atoms with van der Waals surface area (Å²) >= 11 is 0. The fraction of sp³-hybridized carbons (Fsp3) is 0.